The van der Waals surface area contributed by atoms with Gasteiger partial charge in [-0.2, -0.15) is 5.10 Å². The molecular formula is C14H23N3O3. The van der Waals surface area contributed by atoms with Crippen LogP contribution >= 0.6 is 0 Å². The largest absolute Gasteiger partial charge is 0.481 e. The molecule has 0 bridgehead atoms. The van der Waals surface area contributed by atoms with Crippen LogP contribution in [0.3, 0.4) is 0 Å². The quantitative estimate of drug-likeness (QED) is 0.720. The number of carbonyl (C=O) groups is 1. The number of rotatable bonds is 6. The molecule has 6 heteroatoms. The smallest absolute Gasteiger partial charge is 0.306 e. The number of hydrogen-bond donors (Lipinski definition) is 3. The van der Waals surface area contributed by atoms with Gasteiger partial charge in [0.05, 0.1) is 18.1 Å². The average molecular weight is 281 g/mol. The minimum atomic E-state index is -0.773. The molecule has 1 aliphatic carbocycles. The summed E-state index contributed by atoms with van der Waals surface area (Å²) in [5, 5.41) is 26.9. The SMILES string of the molecule is CC(Cn1cccn1)NCC1(O)CCC(C(=O)O)CC1. The Morgan fingerprint density at radius 2 is 2.25 bits per heavy atom. The third kappa shape index (κ3) is 4.05. The molecule has 1 fully saturated rings. The Bertz CT molecular complexity index is 425. The molecule has 0 saturated heterocycles. The highest BCUT2D eigenvalue weighted by atomic mass is 16.4. The van der Waals surface area contributed by atoms with Crippen LogP contribution in [-0.4, -0.2) is 44.2 Å². The highest BCUT2D eigenvalue weighted by molar-refractivity contribution is 5.70. The van der Waals surface area contributed by atoms with Crippen LogP contribution in [0, 0.1) is 5.92 Å². The fraction of sp³-hybridized carbons (Fsp3) is 0.714. The molecule has 1 aliphatic rings. The maximum absolute atomic E-state index is 10.9. The molecule has 112 valence electrons. The fourth-order valence-electron chi connectivity index (χ4n) is 2.70. The lowest BCUT2D eigenvalue weighted by molar-refractivity contribution is -0.144. The molecule has 2 rings (SSSR count). The van der Waals surface area contributed by atoms with E-state index in [-0.39, 0.29) is 12.0 Å². The molecule has 0 radical (unpaired) electrons. The van der Waals surface area contributed by atoms with E-state index in [9.17, 15) is 9.90 Å². The van der Waals surface area contributed by atoms with E-state index in [0.717, 1.165) is 6.54 Å². The molecule has 0 spiro atoms. The van der Waals surface area contributed by atoms with E-state index in [1.807, 2.05) is 23.9 Å². The first-order chi connectivity index (χ1) is 9.48. The van der Waals surface area contributed by atoms with Crippen molar-refractivity contribution in [2.24, 2.45) is 5.92 Å². The zero-order valence-corrected chi connectivity index (χ0v) is 11.8. The summed E-state index contributed by atoms with van der Waals surface area (Å²) in [5.41, 5.74) is -0.773. The first-order valence-corrected chi connectivity index (χ1v) is 7.14. The fourth-order valence-corrected chi connectivity index (χ4v) is 2.70. The molecule has 1 aromatic rings. The predicted octanol–water partition coefficient (Wildman–Crippen LogP) is 0.867. The summed E-state index contributed by atoms with van der Waals surface area (Å²) in [6, 6.07) is 2.09. The highest BCUT2D eigenvalue weighted by Crippen LogP contribution is 2.31. The third-order valence-electron chi connectivity index (χ3n) is 4.07. The lowest BCUT2D eigenvalue weighted by Crippen LogP contribution is -2.47. The third-order valence-corrected chi connectivity index (χ3v) is 4.07. The van der Waals surface area contributed by atoms with Gasteiger partial charge in [-0.3, -0.25) is 9.48 Å². The molecule has 3 N–H and O–H groups in total. The van der Waals surface area contributed by atoms with Gasteiger partial charge in [0.25, 0.3) is 0 Å². The maximum Gasteiger partial charge on any atom is 0.306 e. The molecule has 0 aliphatic heterocycles. The van der Waals surface area contributed by atoms with Crippen molar-refractivity contribution < 1.29 is 15.0 Å². The van der Waals surface area contributed by atoms with Crippen LogP contribution in [0.15, 0.2) is 18.5 Å². The second kappa shape index (κ2) is 6.37. The van der Waals surface area contributed by atoms with E-state index in [2.05, 4.69) is 10.4 Å². The Balaban J connectivity index is 1.74. The Kier molecular flexibility index (Phi) is 4.77. The number of aliphatic carboxylic acids is 1. The van der Waals surface area contributed by atoms with Gasteiger partial charge in [0, 0.05) is 25.0 Å². The number of nitrogens with zero attached hydrogens (tertiary/aromatic N) is 2. The molecule has 0 amide bonds. The van der Waals surface area contributed by atoms with Crippen molar-refractivity contribution in [3.63, 3.8) is 0 Å². The van der Waals surface area contributed by atoms with Gasteiger partial charge in [-0.25, -0.2) is 0 Å². The van der Waals surface area contributed by atoms with Gasteiger partial charge < -0.3 is 15.5 Å². The van der Waals surface area contributed by atoms with E-state index < -0.39 is 11.6 Å². The van der Waals surface area contributed by atoms with Crippen molar-refractivity contribution in [3.8, 4) is 0 Å². The minimum absolute atomic E-state index is 0.205. The van der Waals surface area contributed by atoms with E-state index in [0.29, 0.717) is 32.2 Å². The Morgan fingerprint density at radius 1 is 1.55 bits per heavy atom. The van der Waals surface area contributed by atoms with Crippen LogP contribution in [0.1, 0.15) is 32.6 Å². The summed E-state index contributed by atoms with van der Waals surface area (Å²) in [7, 11) is 0. The topological polar surface area (TPSA) is 87.4 Å². The number of aromatic nitrogens is 2. The van der Waals surface area contributed by atoms with Crippen molar-refractivity contribution >= 4 is 5.97 Å². The molecule has 20 heavy (non-hydrogen) atoms. The normalized spacial score (nSPS) is 28.2. The van der Waals surface area contributed by atoms with Crippen molar-refractivity contribution in [1.82, 2.24) is 15.1 Å². The van der Waals surface area contributed by atoms with Crippen LogP contribution < -0.4 is 5.32 Å². The van der Waals surface area contributed by atoms with Crippen LogP contribution in [-0.2, 0) is 11.3 Å². The second-order valence-corrected chi connectivity index (χ2v) is 5.85. The molecule has 1 heterocycles. The summed E-state index contributed by atoms with van der Waals surface area (Å²) >= 11 is 0. The summed E-state index contributed by atoms with van der Waals surface area (Å²) in [6.45, 7) is 3.30. The molecule has 1 unspecified atom stereocenters. The average Bonchev–Trinajstić information content (AvgIpc) is 2.90. The molecule has 0 aromatic carbocycles. The van der Waals surface area contributed by atoms with Gasteiger partial charge in [0.2, 0.25) is 0 Å². The number of carboxylic acids is 1. The van der Waals surface area contributed by atoms with E-state index in [1.54, 1.807) is 6.20 Å². The second-order valence-electron chi connectivity index (χ2n) is 5.85. The lowest BCUT2D eigenvalue weighted by Gasteiger charge is -2.35. The van der Waals surface area contributed by atoms with Crippen molar-refractivity contribution in [2.75, 3.05) is 6.54 Å². The number of hydrogen-bond acceptors (Lipinski definition) is 4. The molecule has 1 saturated carbocycles. The van der Waals surface area contributed by atoms with Crippen molar-refractivity contribution in [3.05, 3.63) is 18.5 Å². The maximum atomic E-state index is 10.9. The molecular weight excluding hydrogens is 258 g/mol. The summed E-state index contributed by atoms with van der Waals surface area (Å²) < 4.78 is 1.85. The number of aliphatic hydroxyl groups is 1. The van der Waals surface area contributed by atoms with Gasteiger partial charge in [-0.15, -0.1) is 0 Å². The summed E-state index contributed by atoms with van der Waals surface area (Å²) in [5.74, 6) is -1.04. The van der Waals surface area contributed by atoms with Crippen LogP contribution in [0.25, 0.3) is 0 Å². The predicted molar refractivity (Wildman–Crippen MR) is 74.2 cm³/mol. The van der Waals surface area contributed by atoms with Gasteiger partial charge in [0.15, 0.2) is 0 Å². The Hall–Kier alpha value is -1.40. The van der Waals surface area contributed by atoms with E-state index >= 15 is 0 Å². The molecule has 1 atom stereocenters. The highest BCUT2D eigenvalue weighted by Gasteiger charge is 2.35. The lowest BCUT2D eigenvalue weighted by atomic mass is 9.78. The van der Waals surface area contributed by atoms with Gasteiger partial charge in [-0.05, 0) is 38.7 Å². The zero-order chi connectivity index (χ0) is 14.6. The Morgan fingerprint density at radius 3 is 2.80 bits per heavy atom. The van der Waals surface area contributed by atoms with Crippen LogP contribution in [0.2, 0.25) is 0 Å². The van der Waals surface area contributed by atoms with Crippen molar-refractivity contribution in [1.29, 1.82) is 0 Å². The summed E-state index contributed by atoms with van der Waals surface area (Å²) in [6.07, 6.45) is 5.86. The number of carboxylic acid groups (broad SMARTS) is 1. The Labute approximate surface area is 118 Å². The minimum Gasteiger partial charge on any atom is -0.481 e. The van der Waals surface area contributed by atoms with Crippen LogP contribution in [0.5, 0.6) is 0 Å². The first kappa shape index (κ1) is 15.0. The van der Waals surface area contributed by atoms with Gasteiger partial charge in [0.1, 0.15) is 0 Å². The zero-order valence-electron chi connectivity index (χ0n) is 11.8. The standard InChI is InChI=1S/C14H23N3O3/c1-11(9-17-8-2-7-16-17)15-10-14(20)5-3-12(4-6-14)13(18)19/h2,7-8,11-12,15,20H,3-6,9-10H2,1H3,(H,18,19). The number of nitrogens with one attached hydrogen (secondary N) is 1. The molecule has 6 nitrogen and oxygen atoms in total. The first-order valence-electron chi connectivity index (χ1n) is 7.14. The van der Waals surface area contributed by atoms with E-state index in [4.69, 9.17) is 5.11 Å². The van der Waals surface area contributed by atoms with E-state index in [1.165, 1.54) is 0 Å². The van der Waals surface area contributed by atoms with Crippen molar-refractivity contribution in [2.45, 2.75) is 50.8 Å². The molecule has 1 aromatic heterocycles. The monoisotopic (exact) mass is 281 g/mol. The van der Waals surface area contributed by atoms with Gasteiger partial charge >= 0.3 is 5.97 Å². The van der Waals surface area contributed by atoms with Crippen LogP contribution in [0.4, 0.5) is 0 Å². The van der Waals surface area contributed by atoms with Gasteiger partial charge in [-0.1, -0.05) is 0 Å². The summed E-state index contributed by atoms with van der Waals surface area (Å²) in [4.78, 5) is 10.9.